The predicted octanol–water partition coefficient (Wildman–Crippen LogP) is -0.360. The van der Waals surface area contributed by atoms with E-state index in [2.05, 4.69) is 5.32 Å². The van der Waals surface area contributed by atoms with Crippen LogP contribution in [0.1, 0.15) is 27.2 Å². The second-order valence-electron chi connectivity index (χ2n) is 5.03. The molecule has 0 aromatic carbocycles. The molecule has 0 aliphatic carbocycles. The minimum Gasteiger partial charge on any atom is -0.481 e. The second-order valence-corrected chi connectivity index (χ2v) is 5.03. The van der Waals surface area contributed by atoms with Crippen LogP contribution in [-0.2, 0) is 14.4 Å². The normalized spacial score (nSPS) is 17.6. The van der Waals surface area contributed by atoms with E-state index in [1.54, 1.807) is 6.92 Å². The van der Waals surface area contributed by atoms with Crippen molar-refractivity contribution in [2.75, 3.05) is 19.6 Å². The van der Waals surface area contributed by atoms with Crippen LogP contribution in [0.4, 0.5) is 4.79 Å². The molecule has 1 aliphatic rings. The zero-order valence-electron chi connectivity index (χ0n) is 11.8. The molecular formula is C12H19N3O5. The van der Waals surface area contributed by atoms with Crippen LogP contribution in [0.3, 0.4) is 0 Å². The summed E-state index contributed by atoms with van der Waals surface area (Å²) in [6, 6.07) is -0.512. The van der Waals surface area contributed by atoms with Gasteiger partial charge in [0.15, 0.2) is 0 Å². The van der Waals surface area contributed by atoms with Gasteiger partial charge in [-0.3, -0.25) is 19.7 Å². The fourth-order valence-corrected chi connectivity index (χ4v) is 1.88. The minimum atomic E-state index is -1.15. The van der Waals surface area contributed by atoms with E-state index in [4.69, 9.17) is 5.11 Å². The quantitative estimate of drug-likeness (QED) is 0.686. The van der Waals surface area contributed by atoms with E-state index < -0.39 is 29.4 Å². The van der Waals surface area contributed by atoms with Gasteiger partial charge in [-0.1, -0.05) is 0 Å². The van der Waals surface area contributed by atoms with Gasteiger partial charge in [0.2, 0.25) is 5.91 Å². The Bertz CT molecular complexity index is 446. The van der Waals surface area contributed by atoms with E-state index in [1.807, 2.05) is 0 Å². The van der Waals surface area contributed by atoms with Crippen LogP contribution in [0.5, 0.6) is 0 Å². The standard InChI is InChI=1S/C12H19N3O5/c1-4-14(6-5-9(17)18)11(20)15-7-8(16)13-10(19)12(15,2)3/h4-7H2,1-3H3,(H,17,18)(H,13,16,19). The number of nitrogens with one attached hydrogen (secondary N) is 1. The predicted molar refractivity (Wildman–Crippen MR) is 68.8 cm³/mol. The highest BCUT2D eigenvalue weighted by molar-refractivity contribution is 6.06. The van der Waals surface area contributed by atoms with Crippen molar-refractivity contribution in [3.8, 4) is 0 Å². The molecule has 0 aromatic heterocycles. The van der Waals surface area contributed by atoms with Crippen LogP contribution in [0, 0.1) is 0 Å². The molecule has 8 nitrogen and oxygen atoms in total. The van der Waals surface area contributed by atoms with Gasteiger partial charge in [-0.05, 0) is 20.8 Å². The van der Waals surface area contributed by atoms with Gasteiger partial charge in [0, 0.05) is 13.1 Å². The number of carboxylic acids is 1. The molecular weight excluding hydrogens is 266 g/mol. The highest BCUT2D eigenvalue weighted by Crippen LogP contribution is 2.20. The fourth-order valence-electron chi connectivity index (χ4n) is 1.88. The molecule has 0 atom stereocenters. The van der Waals surface area contributed by atoms with Gasteiger partial charge >= 0.3 is 12.0 Å². The minimum absolute atomic E-state index is 0.0348. The first-order valence-electron chi connectivity index (χ1n) is 6.32. The van der Waals surface area contributed by atoms with Gasteiger partial charge in [-0.2, -0.15) is 0 Å². The molecule has 0 saturated carbocycles. The number of aliphatic carboxylic acids is 1. The summed E-state index contributed by atoms with van der Waals surface area (Å²) in [6.07, 6.45) is -0.187. The summed E-state index contributed by atoms with van der Waals surface area (Å²) in [5.41, 5.74) is -1.15. The molecule has 2 N–H and O–H groups in total. The number of carbonyl (C=O) groups excluding carboxylic acids is 3. The van der Waals surface area contributed by atoms with E-state index >= 15 is 0 Å². The van der Waals surface area contributed by atoms with Crippen molar-refractivity contribution in [3.05, 3.63) is 0 Å². The molecule has 0 aromatic rings. The lowest BCUT2D eigenvalue weighted by molar-refractivity contribution is -0.143. The van der Waals surface area contributed by atoms with Crippen LogP contribution in [-0.4, -0.2) is 63.9 Å². The van der Waals surface area contributed by atoms with Gasteiger partial charge in [-0.15, -0.1) is 0 Å². The first-order chi connectivity index (χ1) is 9.20. The van der Waals surface area contributed by atoms with E-state index in [1.165, 1.54) is 23.6 Å². The summed E-state index contributed by atoms with van der Waals surface area (Å²) in [7, 11) is 0. The summed E-state index contributed by atoms with van der Waals surface area (Å²) >= 11 is 0. The van der Waals surface area contributed by atoms with Crippen molar-refractivity contribution in [2.45, 2.75) is 32.7 Å². The summed E-state index contributed by atoms with van der Waals surface area (Å²) in [6.45, 7) is 4.90. The summed E-state index contributed by atoms with van der Waals surface area (Å²) in [4.78, 5) is 48.6. The summed E-state index contributed by atoms with van der Waals surface area (Å²) in [5.74, 6) is -2.10. The Kier molecular flexibility index (Phi) is 4.69. The van der Waals surface area contributed by atoms with Gasteiger partial charge < -0.3 is 14.9 Å². The van der Waals surface area contributed by atoms with Crippen molar-refractivity contribution in [3.63, 3.8) is 0 Å². The molecule has 1 fully saturated rings. The number of piperazine rings is 1. The van der Waals surface area contributed by atoms with Crippen molar-refractivity contribution in [2.24, 2.45) is 0 Å². The lowest BCUT2D eigenvalue weighted by atomic mass is 9.99. The molecule has 1 heterocycles. The number of urea groups is 1. The first-order valence-corrected chi connectivity index (χ1v) is 6.32. The Hall–Kier alpha value is -2.12. The highest BCUT2D eigenvalue weighted by Gasteiger charge is 2.44. The largest absolute Gasteiger partial charge is 0.481 e. The van der Waals surface area contributed by atoms with Crippen molar-refractivity contribution in [1.82, 2.24) is 15.1 Å². The smallest absolute Gasteiger partial charge is 0.321 e. The van der Waals surface area contributed by atoms with Crippen LogP contribution in [0.25, 0.3) is 0 Å². The maximum atomic E-state index is 12.4. The summed E-state index contributed by atoms with van der Waals surface area (Å²) in [5, 5.41) is 10.8. The Labute approximate surface area is 116 Å². The lowest BCUT2D eigenvalue weighted by Gasteiger charge is -2.42. The molecule has 1 aliphatic heterocycles. The molecule has 20 heavy (non-hydrogen) atoms. The number of imide groups is 1. The van der Waals surface area contributed by atoms with Crippen molar-refractivity contribution < 1.29 is 24.3 Å². The fraction of sp³-hybridized carbons (Fsp3) is 0.667. The van der Waals surface area contributed by atoms with E-state index in [0.29, 0.717) is 6.54 Å². The van der Waals surface area contributed by atoms with E-state index in [0.717, 1.165) is 0 Å². The Morgan fingerprint density at radius 1 is 1.40 bits per heavy atom. The number of hydrogen-bond donors (Lipinski definition) is 2. The van der Waals surface area contributed by atoms with Crippen molar-refractivity contribution in [1.29, 1.82) is 0 Å². The molecule has 0 spiro atoms. The van der Waals surface area contributed by atoms with E-state index in [9.17, 15) is 19.2 Å². The van der Waals surface area contributed by atoms with Crippen LogP contribution >= 0.6 is 0 Å². The Morgan fingerprint density at radius 2 is 2.00 bits per heavy atom. The highest BCUT2D eigenvalue weighted by atomic mass is 16.4. The average molecular weight is 285 g/mol. The second kappa shape index (κ2) is 5.89. The SMILES string of the molecule is CCN(CCC(=O)O)C(=O)N1CC(=O)NC(=O)C1(C)C. The maximum absolute atomic E-state index is 12.4. The van der Waals surface area contributed by atoms with Crippen LogP contribution < -0.4 is 5.32 Å². The molecule has 0 radical (unpaired) electrons. The molecule has 112 valence electrons. The molecule has 0 bridgehead atoms. The number of amides is 4. The topological polar surface area (TPSA) is 107 Å². The lowest BCUT2D eigenvalue weighted by Crippen LogP contribution is -2.67. The molecule has 1 rings (SSSR count). The van der Waals surface area contributed by atoms with Crippen molar-refractivity contribution >= 4 is 23.8 Å². The zero-order chi connectivity index (χ0) is 15.5. The molecule has 4 amide bonds. The average Bonchev–Trinajstić information content (AvgIpc) is 2.34. The van der Waals surface area contributed by atoms with Gasteiger partial charge in [0.25, 0.3) is 5.91 Å². The monoisotopic (exact) mass is 285 g/mol. The van der Waals surface area contributed by atoms with Crippen LogP contribution in [0.2, 0.25) is 0 Å². The van der Waals surface area contributed by atoms with Gasteiger partial charge in [0.1, 0.15) is 12.1 Å². The van der Waals surface area contributed by atoms with Gasteiger partial charge in [0.05, 0.1) is 6.42 Å². The summed E-state index contributed by atoms with van der Waals surface area (Å²) < 4.78 is 0. The molecule has 0 unspecified atom stereocenters. The van der Waals surface area contributed by atoms with E-state index in [-0.39, 0.29) is 19.5 Å². The molecule has 1 saturated heterocycles. The number of carbonyl (C=O) groups is 4. The van der Waals surface area contributed by atoms with Gasteiger partial charge in [-0.25, -0.2) is 4.79 Å². The Morgan fingerprint density at radius 3 is 2.50 bits per heavy atom. The Balaban J connectivity index is 2.89. The van der Waals surface area contributed by atoms with Crippen LogP contribution in [0.15, 0.2) is 0 Å². The number of nitrogens with zero attached hydrogens (tertiary/aromatic N) is 2. The third kappa shape index (κ3) is 3.25. The zero-order valence-corrected chi connectivity index (χ0v) is 11.8. The third-order valence-corrected chi connectivity index (χ3v) is 3.26. The third-order valence-electron chi connectivity index (χ3n) is 3.26. The molecule has 8 heteroatoms. The number of hydrogen-bond acceptors (Lipinski definition) is 4. The maximum Gasteiger partial charge on any atom is 0.321 e. The first kappa shape index (κ1) is 15.9. The number of rotatable bonds is 4. The number of carboxylic acid groups (broad SMARTS) is 1.